The van der Waals surface area contributed by atoms with Crippen LogP contribution in [0.25, 0.3) is 0 Å². The molecule has 0 aliphatic heterocycles. The largest absolute Gasteiger partial charge is 0.102 e. The smallest absolute Gasteiger partial charge is 0.00902 e. The second kappa shape index (κ2) is 1.48. The molecule has 0 aromatic rings. The molecule has 2 atom stereocenters. The van der Waals surface area contributed by atoms with Crippen LogP contribution < -0.4 is 0 Å². The van der Waals surface area contributed by atoms with Gasteiger partial charge in [0.05, 0.1) is 0 Å². The normalized spacial score (nSPS) is 43.5. The Morgan fingerprint density at radius 3 is 2.38 bits per heavy atom. The minimum Gasteiger partial charge on any atom is -0.102 e. The molecule has 0 fully saturated rings. The molecule has 0 aromatic heterocycles. The molecule has 1 aliphatic rings. The highest BCUT2D eigenvalue weighted by atomic mass is 14.3. The van der Waals surface area contributed by atoms with Gasteiger partial charge in [-0.3, -0.25) is 0 Å². The highest BCUT2D eigenvalue weighted by Gasteiger charge is 2.29. The van der Waals surface area contributed by atoms with E-state index >= 15 is 0 Å². The average Bonchev–Trinajstić information content (AvgIpc) is 1.83. The molecule has 0 heteroatoms. The minimum absolute atomic E-state index is 0.306. The SMILES string of the molecule is C=CC1(C)C=CC1C. The molecule has 0 radical (unpaired) electrons. The van der Waals surface area contributed by atoms with Crippen molar-refractivity contribution in [2.24, 2.45) is 11.3 Å². The predicted octanol–water partition coefficient (Wildman–Crippen LogP) is 2.38. The molecule has 1 rings (SSSR count). The van der Waals surface area contributed by atoms with Crippen molar-refractivity contribution in [3.8, 4) is 0 Å². The lowest BCUT2D eigenvalue weighted by molar-refractivity contribution is 0.373. The van der Waals surface area contributed by atoms with Gasteiger partial charge >= 0.3 is 0 Å². The van der Waals surface area contributed by atoms with Gasteiger partial charge in [0.25, 0.3) is 0 Å². The predicted molar refractivity (Wildman–Crippen MR) is 36.6 cm³/mol. The second-order valence-electron chi connectivity index (χ2n) is 2.72. The van der Waals surface area contributed by atoms with Crippen LogP contribution in [0.5, 0.6) is 0 Å². The van der Waals surface area contributed by atoms with Crippen LogP contribution in [0, 0.1) is 11.3 Å². The minimum atomic E-state index is 0.306. The Labute approximate surface area is 50.9 Å². The Hall–Kier alpha value is -0.520. The van der Waals surface area contributed by atoms with Gasteiger partial charge in [0, 0.05) is 5.41 Å². The first-order valence-corrected chi connectivity index (χ1v) is 3.02. The molecule has 8 heavy (non-hydrogen) atoms. The fourth-order valence-electron chi connectivity index (χ4n) is 0.846. The zero-order chi connectivity index (χ0) is 6.20. The van der Waals surface area contributed by atoms with Gasteiger partial charge < -0.3 is 0 Å². The van der Waals surface area contributed by atoms with E-state index in [4.69, 9.17) is 0 Å². The number of allylic oxidation sites excluding steroid dienone is 3. The summed E-state index contributed by atoms with van der Waals surface area (Å²) in [5.74, 6) is 0.694. The molecule has 2 unspecified atom stereocenters. The van der Waals surface area contributed by atoms with Crippen molar-refractivity contribution in [2.45, 2.75) is 13.8 Å². The molecule has 0 spiro atoms. The van der Waals surface area contributed by atoms with Gasteiger partial charge in [0.1, 0.15) is 0 Å². The van der Waals surface area contributed by atoms with Gasteiger partial charge in [0.15, 0.2) is 0 Å². The third-order valence-corrected chi connectivity index (χ3v) is 2.16. The van der Waals surface area contributed by atoms with E-state index in [9.17, 15) is 0 Å². The Kier molecular flexibility index (Phi) is 1.04. The van der Waals surface area contributed by atoms with Gasteiger partial charge in [-0.15, -0.1) is 6.58 Å². The molecule has 0 saturated carbocycles. The zero-order valence-corrected chi connectivity index (χ0v) is 5.52. The molecular weight excluding hydrogens is 96.1 g/mol. The maximum absolute atomic E-state index is 3.75. The van der Waals surface area contributed by atoms with Crippen molar-refractivity contribution >= 4 is 0 Å². The fourth-order valence-corrected chi connectivity index (χ4v) is 0.846. The van der Waals surface area contributed by atoms with Crippen LogP contribution in [0.1, 0.15) is 13.8 Å². The summed E-state index contributed by atoms with van der Waals surface area (Å²) in [7, 11) is 0. The lowest BCUT2D eigenvalue weighted by Gasteiger charge is -2.35. The summed E-state index contributed by atoms with van der Waals surface area (Å²) in [6, 6.07) is 0. The van der Waals surface area contributed by atoms with Crippen LogP contribution in [0.15, 0.2) is 24.8 Å². The Morgan fingerprint density at radius 2 is 2.38 bits per heavy atom. The molecule has 0 nitrogen and oxygen atoms in total. The van der Waals surface area contributed by atoms with Crippen LogP contribution in [0.4, 0.5) is 0 Å². The lowest BCUT2D eigenvalue weighted by atomic mass is 9.70. The molecule has 0 saturated heterocycles. The lowest BCUT2D eigenvalue weighted by Crippen LogP contribution is -2.25. The van der Waals surface area contributed by atoms with Gasteiger partial charge in [-0.05, 0) is 5.92 Å². The third-order valence-electron chi connectivity index (χ3n) is 2.16. The summed E-state index contributed by atoms with van der Waals surface area (Å²) >= 11 is 0. The van der Waals surface area contributed by atoms with Gasteiger partial charge in [-0.1, -0.05) is 32.1 Å². The van der Waals surface area contributed by atoms with Crippen LogP contribution >= 0.6 is 0 Å². The van der Waals surface area contributed by atoms with Crippen LogP contribution in [-0.2, 0) is 0 Å². The van der Waals surface area contributed by atoms with Gasteiger partial charge in [-0.25, -0.2) is 0 Å². The highest BCUT2D eigenvalue weighted by molar-refractivity contribution is 5.22. The monoisotopic (exact) mass is 108 g/mol. The molecule has 0 heterocycles. The number of rotatable bonds is 1. The second-order valence-corrected chi connectivity index (χ2v) is 2.72. The van der Waals surface area contributed by atoms with E-state index in [1.807, 2.05) is 6.08 Å². The fraction of sp³-hybridized carbons (Fsp3) is 0.500. The summed E-state index contributed by atoms with van der Waals surface area (Å²) < 4.78 is 0. The standard InChI is InChI=1S/C8H12/c1-4-8(3)6-5-7(8)2/h4-7H,1H2,2-3H3. The first kappa shape index (κ1) is 5.61. The van der Waals surface area contributed by atoms with Crippen LogP contribution in [0.3, 0.4) is 0 Å². The Bertz CT molecular complexity index is 133. The maximum Gasteiger partial charge on any atom is 0.00902 e. The zero-order valence-electron chi connectivity index (χ0n) is 5.52. The highest BCUT2D eigenvalue weighted by Crippen LogP contribution is 2.38. The summed E-state index contributed by atoms with van der Waals surface area (Å²) in [5.41, 5.74) is 0.306. The van der Waals surface area contributed by atoms with E-state index < -0.39 is 0 Å². The number of hydrogen-bond donors (Lipinski definition) is 0. The van der Waals surface area contributed by atoms with Crippen molar-refractivity contribution < 1.29 is 0 Å². The molecule has 0 N–H and O–H groups in total. The van der Waals surface area contributed by atoms with E-state index in [1.54, 1.807) is 0 Å². The van der Waals surface area contributed by atoms with Crippen LogP contribution in [-0.4, -0.2) is 0 Å². The van der Waals surface area contributed by atoms with Crippen LogP contribution in [0.2, 0.25) is 0 Å². The first-order chi connectivity index (χ1) is 3.69. The van der Waals surface area contributed by atoms with Gasteiger partial charge in [0.2, 0.25) is 0 Å². The summed E-state index contributed by atoms with van der Waals surface area (Å²) in [6.07, 6.45) is 6.42. The molecule has 0 bridgehead atoms. The van der Waals surface area contributed by atoms with E-state index in [-0.39, 0.29) is 0 Å². The summed E-state index contributed by atoms with van der Waals surface area (Å²) in [6.45, 7) is 8.16. The quantitative estimate of drug-likeness (QED) is 0.452. The first-order valence-electron chi connectivity index (χ1n) is 3.02. The average molecular weight is 108 g/mol. The third kappa shape index (κ3) is 0.525. The van der Waals surface area contributed by atoms with Crippen molar-refractivity contribution in [3.05, 3.63) is 24.8 Å². The molecule has 1 aliphatic carbocycles. The van der Waals surface area contributed by atoms with Gasteiger partial charge in [-0.2, -0.15) is 0 Å². The summed E-state index contributed by atoms with van der Waals surface area (Å²) in [4.78, 5) is 0. The maximum atomic E-state index is 3.75. The van der Waals surface area contributed by atoms with E-state index in [1.165, 1.54) is 0 Å². The van der Waals surface area contributed by atoms with Crippen molar-refractivity contribution in [3.63, 3.8) is 0 Å². The van der Waals surface area contributed by atoms with Crippen molar-refractivity contribution in [1.29, 1.82) is 0 Å². The Balaban J connectivity index is 2.73. The van der Waals surface area contributed by atoms with Crippen molar-refractivity contribution in [1.82, 2.24) is 0 Å². The molecule has 0 amide bonds. The molecule has 44 valence electrons. The molecule has 0 aromatic carbocycles. The van der Waals surface area contributed by atoms with Crippen molar-refractivity contribution in [2.75, 3.05) is 0 Å². The number of hydrogen-bond acceptors (Lipinski definition) is 0. The topological polar surface area (TPSA) is 0 Å². The molecular formula is C8H12. The summed E-state index contributed by atoms with van der Waals surface area (Å²) in [5, 5.41) is 0. The van der Waals surface area contributed by atoms with E-state index in [0.29, 0.717) is 11.3 Å². The Morgan fingerprint density at radius 1 is 1.75 bits per heavy atom. The van der Waals surface area contributed by atoms with E-state index in [0.717, 1.165) is 0 Å². The van der Waals surface area contributed by atoms with E-state index in [2.05, 4.69) is 32.6 Å².